The van der Waals surface area contributed by atoms with Crippen molar-refractivity contribution < 1.29 is 14.3 Å². The zero-order valence-corrected chi connectivity index (χ0v) is 11.5. The maximum Gasteiger partial charge on any atom is 0.206 e. The Labute approximate surface area is 118 Å². The maximum absolute atomic E-state index is 11.5. The largest absolute Gasteiger partial charge is 0.486 e. The van der Waals surface area contributed by atoms with Crippen LogP contribution in [0.3, 0.4) is 0 Å². The fourth-order valence-electron chi connectivity index (χ4n) is 1.79. The summed E-state index contributed by atoms with van der Waals surface area (Å²) >= 11 is 6.81. The molecule has 98 valence electrons. The molecule has 0 N–H and O–H groups in total. The number of ketones is 1. The molecule has 0 aliphatic carbocycles. The topological polar surface area (TPSA) is 48.4 Å². The molecule has 0 bridgehead atoms. The van der Waals surface area contributed by atoms with Crippen molar-refractivity contribution in [2.75, 3.05) is 19.1 Å². The lowest BCUT2D eigenvalue weighted by Crippen LogP contribution is -2.15. The molecule has 3 rings (SSSR count). The molecule has 1 aliphatic heterocycles. The van der Waals surface area contributed by atoms with Gasteiger partial charge in [-0.1, -0.05) is 0 Å². The molecule has 0 saturated heterocycles. The Morgan fingerprint density at radius 3 is 2.89 bits per heavy atom. The highest BCUT2D eigenvalue weighted by Crippen LogP contribution is 2.34. The molecule has 1 aromatic carbocycles. The van der Waals surface area contributed by atoms with Crippen LogP contribution in [0.2, 0.25) is 0 Å². The number of benzene rings is 1. The summed E-state index contributed by atoms with van der Waals surface area (Å²) in [6.45, 7) is 1.11. The maximum atomic E-state index is 11.5. The number of carbonyl (C=O) groups excluding carboxylic acids is 1. The van der Waals surface area contributed by atoms with Crippen LogP contribution >= 0.6 is 22.9 Å². The van der Waals surface area contributed by atoms with Gasteiger partial charge in [0, 0.05) is 10.9 Å². The molecule has 0 fully saturated rings. The molecule has 0 atom stereocenters. The number of hydrogen-bond acceptors (Lipinski definition) is 5. The van der Waals surface area contributed by atoms with Crippen LogP contribution in [0.1, 0.15) is 9.80 Å². The van der Waals surface area contributed by atoms with E-state index in [9.17, 15) is 4.79 Å². The summed E-state index contributed by atoms with van der Waals surface area (Å²) in [5.41, 5.74) is 1.64. The van der Waals surface area contributed by atoms with Gasteiger partial charge in [0.05, 0.1) is 11.6 Å². The molecule has 2 aromatic rings. The number of Topliss-reactive ketones (excluding diaryl/α,β-unsaturated/α-hetero) is 1. The first-order valence-electron chi connectivity index (χ1n) is 5.72. The van der Waals surface area contributed by atoms with E-state index in [1.54, 1.807) is 0 Å². The van der Waals surface area contributed by atoms with Crippen molar-refractivity contribution in [2.24, 2.45) is 0 Å². The molecule has 2 heterocycles. The highest BCUT2D eigenvalue weighted by molar-refractivity contribution is 7.12. The summed E-state index contributed by atoms with van der Waals surface area (Å²) in [4.78, 5) is 15.8. The molecule has 6 heteroatoms. The fourth-order valence-corrected chi connectivity index (χ4v) is 2.77. The Morgan fingerprint density at radius 1 is 1.32 bits per heavy atom. The van der Waals surface area contributed by atoms with E-state index in [0.29, 0.717) is 24.0 Å². The third-order valence-electron chi connectivity index (χ3n) is 2.70. The molecule has 4 nitrogen and oxygen atoms in total. The quantitative estimate of drug-likeness (QED) is 0.645. The molecule has 19 heavy (non-hydrogen) atoms. The van der Waals surface area contributed by atoms with E-state index in [1.807, 2.05) is 23.6 Å². The number of halogens is 1. The Morgan fingerprint density at radius 2 is 2.11 bits per heavy atom. The van der Waals surface area contributed by atoms with Gasteiger partial charge in [-0.25, -0.2) is 4.98 Å². The summed E-state index contributed by atoms with van der Waals surface area (Å²) < 4.78 is 11.0. The molecular weight excluding hydrogens is 286 g/mol. The Kier molecular flexibility index (Phi) is 3.40. The third kappa shape index (κ3) is 2.43. The minimum atomic E-state index is -0.157. The Hall–Kier alpha value is -1.59. The van der Waals surface area contributed by atoms with E-state index in [4.69, 9.17) is 21.1 Å². The highest BCUT2D eigenvalue weighted by Gasteiger charge is 2.15. The van der Waals surface area contributed by atoms with Crippen LogP contribution < -0.4 is 9.47 Å². The first-order chi connectivity index (χ1) is 9.28. The van der Waals surface area contributed by atoms with Crippen molar-refractivity contribution in [3.63, 3.8) is 0 Å². The first kappa shape index (κ1) is 12.4. The Bertz CT molecular complexity index is 626. The smallest absolute Gasteiger partial charge is 0.206 e. The number of nitrogens with zero attached hydrogens (tertiary/aromatic N) is 1. The average molecular weight is 296 g/mol. The summed E-state index contributed by atoms with van der Waals surface area (Å²) in [5, 5.41) is 2.27. The molecular formula is C13H10ClNO3S. The molecule has 0 amide bonds. The number of rotatable bonds is 3. The zero-order valence-electron chi connectivity index (χ0n) is 9.89. The van der Waals surface area contributed by atoms with E-state index in [1.165, 1.54) is 11.3 Å². The van der Waals surface area contributed by atoms with Crippen LogP contribution in [-0.2, 0) is 0 Å². The summed E-state index contributed by atoms with van der Waals surface area (Å²) in [7, 11) is 0. The number of aromatic nitrogens is 1. The number of thiazole rings is 1. The molecule has 1 aliphatic rings. The predicted octanol–water partition coefficient (Wildman–Crippen LogP) is 3.00. The summed E-state index contributed by atoms with van der Waals surface area (Å²) in [6, 6.07) is 5.63. The lowest BCUT2D eigenvalue weighted by atomic mass is 10.1. The summed E-state index contributed by atoms with van der Waals surface area (Å²) in [5.74, 6) is 1.24. The van der Waals surface area contributed by atoms with Gasteiger partial charge in [-0.15, -0.1) is 22.9 Å². The minimum Gasteiger partial charge on any atom is -0.486 e. The van der Waals surface area contributed by atoms with Gasteiger partial charge in [-0.05, 0) is 18.2 Å². The van der Waals surface area contributed by atoms with Gasteiger partial charge in [0.25, 0.3) is 0 Å². The highest BCUT2D eigenvalue weighted by atomic mass is 35.5. The van der Waals surface area contributed by atoms with E-state index < -0.39 is 0 Å². The molecule has 0 radical (unpaired) electrons. The van der Waals surface area contributed by atoms with Crippen molar-refractivity contribution in [2.45, 2.75) is 0 Å². The first-order valence-corrected chi connectivity index (χ1v) is 7.14. The monoisotopic (exact) mass is 295 g/mol. The van der Waals surface area contributed by atoms with Gasteiger partial charge >= 0.3 is 0 Å². The standard InChI is InChI=1S/C13H10ClNO3S/c14-6-10(16)13-15-9(7-19-13)8-1-2-11-12(5-8)18-4-3-17-11/h1-2,5,7H,3-4,6H2. The van der Waals surface area contributed by atoms with Crippen LogP contribution in [0.5, 0.6) is 11.5 Å². The number of fused-ring (bicyclic) bond motifs is 1. The molecule has 0 spiro atoms. The molecule has 1 aromatic heterocycles. The normalized spacial score (nSPS) is 13.3. The second-order valence-corrected chi connectivity index (χ2v) is 5.08. The number of alkyl halides is 1. The van der Waals surface area contributed by atoms with E-state index in [-0.39, 0.29) is 11.7 Å². The van der Waals surface area contributed by atoms with Gasteiger partial charge in [0.15, 0.2) is 16.5 Å². The van der Waals surface area contributed by atoms with Crippen LogP contribution in [0.15, 0.2) is 23.6 Å². The van der Waals surface area contributed by atoms with Crippen molar-refractivity contribution in [3.05, 3.63) is 28.6 Å². The summed E-state index contributed by atoms with van der Waals surface area (Å²) in [6.07, 6.45) is 0. The Balaban J connectivity index is 1.93. The minimum absolute atomic E-state index is 0.0475. The van der Waals surface area contributed by atoms with E-state index in [2.05, 4.69) is 4.98 Å². The van der Waals surface area contributed by atoms with Gasteiger partial charge in [-0.2, -0.15) is 0 Å². The lowest BCUT2D eigenvalue weighted by Gasteiger charge is -2.18. The SMILES string of the molecule is O=C(CCl)c1nc(-c2ccc3c(c2)OCCO3)cs1. The second-order valence-electron chi connectivity index (χ2n) is 3.95. The van der Waals surface area contributed by atoms with Crippen LogP contribution in [-0.4, -0.2) is 29.9 Å². The van der Waals surface area contributed by atoms with Crippen molar-refractivity contribution in [3.8, 4) is 22.8 Å². The fraction of sp³-hybridized carbons (Fsp3) is 0.231. The van der Waals surface area contributed by atoms with Crippen LogP contribution in [0, 0.1) is 0 Å². The third-order valence-corrected chi connectivity index (χ3v) is 3.83. The van der Waals surface area contributed by atoms with Crippen LogP contribution in [0.4, 0.5) is 0 Å². The zero-order chi connectivity index (χ0) is 13.2. The number of carbonyl (C=O) groups is 1. The molecule has 0 unspecified atom stereocenters. The average Bonchev–Trinajstić information content (AvgIpc) is 2.95. The molecule has 0 saturated carbocycles. The van der Waals surface area contributed by atoms with Crippen molar-refractivity contribution >= 4 is 28.7 Å². The van der Waals surface area contributed by atoms with Gasteiger partial charge in [0.1, 0.15) is 13.2 Å². The number of ether oxygens (including phenoxy) is 2. The predicted molar refractivity (Wildman–Crippen MR) is 73.6 cm³/mol. The van der Waals surface area contributed by atoms with E-state index in [0.717, 1.165) is 17.0 Å². The van der Waals surface area contributed by atoms with Gasteiger partial charge in [-0.3, -0.25) is 4.79 Å². The lowest BCUT2D eigenvalue weighted by molar-refractivity contribution is 0.102. The van der Waals surface area contributed by atoms with Crippen LogP contribution in [0.25, 0.3) is 11.3 Å². The van der Waals surface area contributed by atoms with E-state index >= 15 is 0 Å². The van der Waals surface area contributed by atoms with Gasteiger partial charge in [0.2, 0.25) is 5.78 Å². The van der Waals surface area contributed by atoms with Crippen molar-refractivity contribution in [1.82, 2.24) is 4.98 Å². The number of hydrogen-bond donors (Lipinski definition) is 0. The second kappa shape index (κ2) is 5.19. The van der Waals surface area contributed by atoms with Gasteiger partial charge < -0.3 is 9.47 Å². The van der Waals surface area contributed by atoms with Crippen molar-refractivity contribution in [1.29, 1.82) is 0 Å².